The lowest BCUT2D eigenvalue weighted by Gasteiger charge is -2.19. The molecule has 1 rings (SSSR count). The zero-order valence-corrected chi connectivity index (χ0v) is 17.1. The maximum atomic E-state index is 12.4. The molecule has 1 aliphatic carbocycles. The van der Waals surface area contributed by atoms with E-state index in [1.807, 2.05) is 0 Å². The van der Waals surface area contributed by atoms with Crippen molar-refractivity contribution in [3.05, 3.63) is 12.2 Å². The van der Waals surface area contributed by atoms with E-state index >= 15 is 0 Å². The summed E-state index contributed by atoms with van der Waals surface area (Å²) in [6, 6.07) is 0. The summed E-state index contributed by atoms with van der Waals surface area (Å²) in [7, 11) is 1.27. The van der Waals surface area contributed by atoms with Crippen molar-refractivity contribution < 1.29 is 24.5 Å². The van der Waals surface area contributed by atoms with Crippen LogP contribution >= 0.6 is 0 Å². The monoisotopic (exact) mass is 382 g/mol. The van der Waals surface area contributed by atoms with Crippen LogP contribution in [-0.2, 0) is 14.3 Å². The third-order valence-corrected chi connectivity index (χ3v) is 5.67. The van der Waals surface area contributed by atoms with Gasteiger partial charge in [0.05, 0.1) is 7.11 Å². The van der Waals surface area contributed by atoms with Gasteiger partial charge >= 0.3 is 5.97 Å². The number of carbonyl (C=O) groups is 2. The van der Waals surface area contributed by atoms with Gasteiger partial charge in [-0.1, -0.05) is 57.6 Å². The van der Waals surface area contributed by atoms with Crippen molar-refractivity contribution in [2.45, 2.75) is 83.7 Å². The fraction of sp³-hybridized carbons (Fsp3) is 0.818. The topological polar surface area (TPSA) is 83.8 Å². The molecule has 0 radical (unpaired) electrons. The van der Waals surface area contributed by atoms with Gasteiger partial charge in [0, 0.05) is 18.9 Å². The van der Waals surface area contributed by atoms with E-state index < -0.39 is 12.1 Å². The lowest BCUT2D eigenvalue weighted by Crippen LogP contribution is -2.21. The van der Waals surface area contributed by atoms with Crippen LogP contribution in [0.15, 0.2) is 12.2 Å². The Kier molecular flexibility index (Phi) is 12.3. The maximum absolute atomic E-state index is 12.4. The van der Waals surface area contributed by atoms with Crippen LogP contribution in [0.5, 0.6) is 0 Å². The summed E-state index contributed by atoms with van der Waals surface area (Å²) in [5.74, 6) is -0.121. The second kappa shape index (κ2) is 13.9. The Morgan fingerprint density at radius 1 is 1.22 bits per heavy atom. The molecule has 1 aliphatic rings. The number of unbranched alkanes of at least 4 members (excludes halogenated alkanes) is 6. The number of rotatable bonds is 14. The molecule has 1 saturated carbocycles. The van der Waals surface area contributed by atoms with Crippen LogP contribution < -0.4 is 0 Å². The molecule has 5 heteroatoms. The molecular formula is C22H38O5. The van der Waals surface area contributed by atoms with Gasteiger partial charge in [-0.05, 0) is 37.5 Å². The van der Waals surface area contributed by atoms with Crippen molar-refractivity contribution in [2.24, 2.45) is 17.8 Å². The Morgan fingerprint density at radius 2 is 1.96 bits per heavy atom. The first kappa shape index (κ1) is 23.8. The number of aliphatic hydroxyl groups excluding tert-OH is 2. The van der Waals surface area contributed by atoms with E-state index in [1.165, 1.54) is 32.8 Å². The number of hydrogen-bond acceptors (Lipinski definition) is 5. The van der Waals surface area contributed by atoms with Crippen LogP contribution in [0, 0.1) is 17.8 Å². The molecule has 0 aromatic heterocycles. The highest BCUT2D eigenvalue weighted by Crippen LogP contribution is 2.38. The summed E-state index contributed by atoms with van der Waals surface area (Å²) < 4.78 is 4.51. The number of ether oxygens (including phenoxy) is 1. The van der Waals surface area contributed by atoms with Gasteiger partial charge in [0.1, 0.15) is 5.78 Å². The minimum absolute atomic E-state index is 0.000396. The van der Waals surface area contributed by atoms with Gasteiger partial charge in [-0.2, -0.15) is 0 Å². The van der Waals surface area contributed by atoms with Gasteiger partial charge in [0.25, 0.3) is 0 Å². The number of methoxy groups -OCH3 is 1. The number of allylic oxidation sites excluding steroid dienone is 2. The van der Waals surface area contributed by atoms with Crippen molar-refractivity contribution in [3.63, 3.8) is 0 Å². The molecule has 1 unspecified atom stereocenters. The first-order chi connectivity index (χ1) is 13.0. The van der Waals surface area contributed by atoms with E-state index in [2.05, 4.69) is 23.8 Å². The highest BCUT2D eigenvalue weighted by Gasteiger charge is 2.39. The third kappa shape index (κ3) is 8.56. The van der Waals surface area contributed by atoms with Crippen LogP contribution in [-0.4, -0.2) is 41.8 Å². The highest BCUT2D eigenvalue weighted by atomic mass is 16.5. The zero-order chi connectivity index (χ0) is 20.1. The molecule has 156 valence electrons. The maximum Gasteiger partial charge on any atom is 0.334 e. The Labute approximate surface area is 164 Å². The average Bonchev–Trinajstić information content (AvgIpc) is 2.98. The zero-order valence-electron chi connectivity index (χ0n) is 17.1. The summed E-state index contributed by atoms with van der Waals surface area (Å²) >= 11 is 0. The van der Waals surface area contributed by atoms with Crippen LogP contribution in [0.1, 0.15) is 77.6 Å². The normalized spacial score (nSPS) is 23.9. The summed E-state index contributed by atoms with van der Waals surface area (Å²) in [5.41, 5.74) is 0. The van der Waals surface area contributed by atoms with Gasteiger partial charge in [0.2, 0.25) is 0 Å². The Morgan fingerprint density at radius 3 is 2.63 bits per heavy atom. The lowest BCUT2D eigenvalue weighted by molar-refractivity contribution is -0.150. The fourth-order valence-corrected chi connectivity index (χ4v) is 3.99. The van der Waals surface area contributed by atoms with Gasteiger partial charge in [-0.25, -0.2) is 4.79 Å². The Bertz CT molecular complexity index is 460. The van der Waals surface area contributed by atoms with E-state index in [1.54, 1.807) is 0 Å². The summed E-state index contributed by atoms with van der Waals surface area (Å²) in [6.45, 7) is 2.27. The molecule has 0 spiro atoms. The number of aliphatic hydroxyl groups is 2. The largest absolute Gasteiger partial charge is 0.467 e. The van der Waals surface area contributed by atoms with E-state index in [9.17, 15) is 19.8 Å². The van der Waals surface area contributed by atoms with Crippen LogP contribution in [0.3, 0.4) is 0 Å². The van der Waals surface area contributed by atoms with Gasteiger partial charge in [0.15, 0.2) is 6.10 Å². The fourth-order valence-electron chi connectivity index (χ4n) is 3.99. The number of hydrogen-bond donors (Lipinski definition) is 2. The van der Waals surface area contributed by atoms with Crippen molar-refractivity contribution in [1.29, 1.82) is 0 Å². The number of ketones is 1. The van der Waals surface area contributed by atoms with Crippen molar-refractivity contribution in [2.75, 3.05) is 13.7 Å². The summed E-state index contributed by atoms with van der Waals surface area (Å²) in [5, 5.41) is 19.2. The molecule has 4 atom stereocenters. The Balaban J connectivity index is 2.39. The van der Waals surface area contributed by atoms with Crippen LogP contribution in [0.25, 0.3) is 0 Å². The third-order valence-electron chi connectivity index (χ3n) is 5.67. The van der Waals surface area contributed by atoms with Crippen molar-refractivity contribution >= 4 is 11.8 Å². The second-order valence-corrected chi connectivity index (χ2v) is 7.75. The molecule has 1 fully saturated rings. The lowest BCUT2D eigenvalue weighted by atomic mass is 9.85. The minimum atomic E-state index is -1.05. The molecule has 0 bridgehead atoms. The molecule has 0 heterocycles. The van der Waals surface area contributed by atoms with Gasteiger partial charge in [-0.3, -0.25) is 4.79 Å². The van der Waals surface area contributed by atoms with Gasteiger partial charge in [-0.15, -0.1) is 0 Å². The predicted molar refractivity (Wildman–Crippen MR) is 106 cm³/mol. The molecular weight excluding hydrogens is 344 g/mol. The van der Waals surface area contributed by atoms with Crippen LogP contribution in [0.4, 0.5) is 0 Å². The smallest absolute Gasteiger partial charge is 0.334 e. The molecule has 2 N–H and O–H groups in total. The first-order valence-electron chi connectivity index (χ1n) is 10.6. The average molecular weight is 383 g/mol. The number of esters is 1. The summed E-state index contributed by atoms with van der Waals surface area (Å²) in [4.78, 5) is 23.6. The quantitative estimate of drug-likeness (QED) is 0.271. The minimum Gasteiger partial charge on any atom is -0.467 e. The molecule has 0 aromatic carbocycles. The second-order valence-electron chi connectivity index (χ2n) is 7.75. The van der Waals surface area contributed by atoms with Crippen LogP contribution in [0.2, 0.25) is 0 Å². The standard InChI is InChI=1S/C22H38O5/c1-3-4-5-6-7-9-12-18-17(16-23)15-21(25)19(18)13-10-8-11-14-20(24)22(26)27-2/h9,12,17-20,23-24H,3-8,10-11,13-16H2,1-2H3/t17-,18-,19+,20?/m0/s1. The summed E-state index contributed by atoms with van der Waals surface area (Å²) in [6.07, 6.45) is 13.5. The Hall–Kier alpha value is -1.20. The first-order valence-corrected chi connectivity index (χ1v) is 10.6. The molecule has 0 aromatic rings. The molecule has 5 nitrogen and oxygen atoms in total. The molecule has 0 aliphatic heterocycles. The number of carbonyl (C=O) groups excluding carboxylic acids is 2. The SMILES string of the molecule is CCCCCCC=C[C@H]1[C@H](CO)CC(=O)[C@@H]1CCCCCC(O)C(=O)OC. The predicted octanol–water partition coefficient (Wildman–Crippen LogP) is 3.81. The van der Waals surface area contributed by atoms with E-state index in [-0.39, 0.29) is 30.1 Å². The van der Waals surface area contributed by atoms with Crippen molar-refractivity contribution in [3.8, 4) is 0 Å². The molecule has 0 amide bonds. The van der Waals surface area contributed by atoms with Gasteiger partial charge < -0.3 is 14.9 Å². The van der Waals surface area contributed by atoms with E-state index in [0.717, 1.165) is 32.1 Å². The highest BCUT2D eigenvalue weighted by molar-refractivity contribution is 5.84. The molecule has 27 heavy (non-hydrogen) atoms. The molecule has 0 saturated heterocycles. The van der Waals surface area contributed by atoms with E-state index in [0.29, 0.717) is 12.8 Å². The van der Waals surface area contributed by atoms with E-state index in [4.69, 9.17) is 0 Å². The number of Topliss-reactive ketones (excluding diaryl/α,β-unsaturated/α-hetero) is 1. The van der Waals surface area contributed by atoms with Crippen molar-refractivity contribution in [1.82, 2.24) is 0 Å².